The summed E-state index contributed by atoms with van der Waals surface area (Å²) >= 11 is 0. The molecule has 0 aliphatic carbocycles. The van der Waals surface area contributed by atoms with Gasteiger partial charge < -0.3 is 14.4 Å². The predicted molar refractivity (Wildman–Crippen MR) is 110 cm³/mol. The van der Waals surface area contributed by atoms with E-state index in [2.05, 4.69) is 0 Å². The van der Waals surface area contributed by atoms with Crippen LogP contribution in [-0.2, 0) is 4.79 Å². The number of amides is 1. The predicted octanol–water partition coefficient (Wildman–Crippen LogP) is 4.13. The average molecular weight is 388 g/mol. The molecule has 1 aliphatic heterocycles. The van der Waals surface area contributed by atoms with Gasteiger partial charge in [-0.3, -0.25) is 14.5 Å². The monoisotopic (exact) mass is 388 g/mol. The summed E-state index contributed by atoms with van der Waals surface area (Å²) in [4.78, 5) is 29.5. The van der Waals surface area contributed by atoms with Crippen LogP contribution in [0.2, 0.25) is 0 Å². The normalized spacial score (nSPS) is 16.4. The minimum absolute atomic E-state index is 0.00726. The van der Waals surface area contributed by atoms with Crippen molar-refractivity contribution in [1.29, 1.82) is 0 Å². The van der Waals surface area contributed by atoms with Gasteiger partial charge in [0.05, 0.1) is 17.9 Å². The van der Waals surface area contributed by atoms with E-state index in [0.29, 0.717) is 5.69 Å². The van der Waals surface area contributed by atoms with Crippen molar-refractivity contribution >= 4 is 23.1 Å². The van der Waals surface area contributed by atoms with Gasteiger partial charge in [-0.15, -0.1) is 0 Å². The maximum atomic E-state index is 13.1. The molecule has 1 atom stereocenters. The van der Waals surface area contributed by atoms with Crippen molar-refractivity contribution in [2.75, 3.05) is 23.9 Å². The molecule has 0 bridgehead atoms. The number of nitrogens with zero attached hydrogens (tertiary/aromatic N) is 2. The second-order valence-corrected chi connectivity index (χ2v) is 6.97. The maximum Gasteiger partial charge on any atom is 0.294 e. The third-order valence-electron chi connectivity index (χ3n) is 4.96. The van der Waals surface area contributed by atoms with E-state index in [4.69, 9.17) is 4.42 Å². The first-order valence-electron chi connectivity index (χ1n) is 9.16. The summed E-state index contributed by atoms with van der Waals surface area (Å²) in [5.74, 6) is -1.62. The summed E-state index contributed by atoms with van der Waals surface area (Å²) in [6.07, 6.45) is 1.39. The van der Waals surface area contributed by atoms with E-state index in [0.717, 1.165) is 11.3 Å². The first-order valence-corrected chi connectivity index (χ1v) is 9.16. The van der Waals surface area contributed by atoms with Crippen molar-refractivity contribution in [1.82, 2.24) is 0 Å². The lowest BCUT2D eigenvalue weighted by Gasteiger charge is -2.27. The van der Waals surface area contributed by atoms with Gasteiger partial charge in [0, 0.05) is 25.5 Å². The van der Waals surface area contributed by atoms with Crippen molar-refractivity contribution in [2.24, 2.45) is 0 Å². The zero-order chi connectivity index (χ0) is 20.5. The van der Waals surface area contributed by atoms with Gasteiger partial charge in [0.15, 0.2) is 11.5 Å². The van der Waals surface area contributed by atoms with Crippen LogP contribution in [0.5, 0.6) is 0 Å². The van der Waals surface area contributed by atoms with Crippen LogP contribution in [0.25, 0.3) is 0 Å². The number of furan rings is 1. The number of Topliss-reactive ketones (excluding diaryl/α,β-unsaturated/α-hetero) is 1. The molecule has 146 valence electrons. The highest BCUT2D eigenvalue weighted by Gasteiger charge is 2.45. The molecule has 1 N–H and O–H groups in total. The van der Waals surface area contributed by atoms with E-state index in [1.807, 2.05) is 61.5 Å². The molecule has 3 aromatic rings. The van der Waals surface area contributed by atoms with Gasteiger partial charge >= 0.3 is 0 Å². The Kier molecular flexibility index (Phi) is 4.68. The van der Waals surface area contributed by atoms with Crippen LogP contribution in [0.4, 0.5) is 11.4 Å². The molecule has 6 nitrogen and oxygen atoms in total. The van der Waals surface area contributed by atoms with Gasteiger partial charge in [-0.25, -0.2) is 0 Å². The van der Waals surface area contributed by atoms with Gasteiger partial charge in [-0.05, 0) is 42.0 Å². The molecule has 1 aliphatic rings. The van der Waals surface area contributed by atoms with E-state index < -0.39 is 23.5 Å². The Bertz CT molecular complexity index is 1070. The Morgan fingerprint density at radius 1 is 1.00 bits per heavy atom. The molecule has 4 rings (SSSR count). The van der Waals surface area contributed by atoms with Crippen LogP contribution in [0.3, 0.4) is 0 Å². The zero-order valence-electron chi connectivity index (χ0n) is 16.1. The topological polar surface area (TPSA) is 74.0 Å². The second kappa shape index (κ2) is 7.31. The van der Waals surface area contributed by atoms with Crippen LogP contribution in [0.1, 0.15) is 22.2 Å². The van der Waals surface area contributed by atoms with Crippen LogP contribution >= 0.6 is 0 Å². The Hall–Kier alpha value is -3.80. The third kappa shape index (κ3) is 3.18. The van der Waals surface area contributed by atoms with Gasteiger partial charge in [0.1, 0.15) is 0 Å². The molecule has 1 aromatic heterocycles. The molecule has 0 spiro atoms. The first-order chi connectivity index (χ1) is 14.0. The minimum Gasteiger partial charge on any atom is -0.503 e. The molecule has 1 amide bonds. The van der Waals surface area contributed by atoms with Gasteiger partial charge in [0.25, 0.3) is 5.91 Å². The lowest BCUT2D eigenvalue weighted by Crippen LogP contribution is -2.31. The Morgan fingerprint density at radius 2 is 1.69 bits per heavy atom. The molecule has 0 saturated heterocycles. The smallest absolute Gasteiger partial charge is 0.294 e. The number of hydrogen-bond acceptors (Lipinski definition) is 5. The lowest BCUT2D eigenvalue weighted by molar-refractivity contribution is -0.117. The second-order valence-electron chi connectivity index (χ2n) is 6.97. The van der Waals surface area contributed by atoms with E-state index in [1.54, 1.807) is 18.2 Å². The maximum absolute atomic E-state index is 13.1. The number of rotatable bonds is 5. The molecule has 0 saturated carbocycles. The summed E-state index contributed by atoms with van der Waals surface area (Å²) in [6.45, 7) is 0. The van der Waals surface area contributed by atoms with Crippen LogP contribution in [-0.4, -0.2) is 30.9 Å². The quantitative estimate of drug-likeness (QED) is 0.666. The number of carbonyl (C=O) groups is 2. The standard InChI is InChI=1S/C23H20N2O4/c1-24(2)16-10-12-17(13-11-16)25-20(15-7-4-3-5-8-15)19(22(27)23(25)28)21(26)18-9-6-14-29-18/h3-14,20,27H,1-2H3. The van der Waals surface area contributed by atoms with Crippen LogP contribution in [0.15, 0.2) is 88.7 Å². The number of benzene rings is 2. The van der Waals surface area contributed by atoms with Crippen LogP contribution < -0.4 is 9.80 Å². The van der Waals surface area contributed by atoms with Gasteiger partial charge in [0.2, 0.25) is 5.78 Å². The molecule has 0 fully saturated rings. The average Bonchev–Trinajstić information content (AvgIpc) is 3.36. The van der Waals surface area contributed by atoms with Crippen molar-refractivity contribution < 1.29 is 19.1 Å². The molecule has 6 heteroatoms. The van der Waals surface area contributed by atoms with E-state index in [1.165, 1.54) is 17.2 Å². The summed E-state index contributed by atoms with van der Waals surface area (Å²) in [6, 6.07) is 18.9. The summed E-state index contributed by atoms with van der Waals surface area (Å²) in [7, 11) is 3.85. The summed E-state index contributed by atoms with van der Waals surface area (Å²) < 4.78 is 5.23. The van der Waals surface area contributed by atoms with Crippen LogP contribution in [0, 0.1) is 0 Å². The SMILES string of the molecule is CN(C)c1ccc(N2C(=O)C(O)=C(C(=O)c3ccco3)C2c2ccccc2)cc1. The van der Waals surface area contributed by atoms with E-state index >= 15 is 0 Å². The molecular formula is C23H20N2O4. The Morgan fingerprint density at radius 3 is 2.28 bits per heavy atom. The Labute approximate surface area is 168 Å². The Balaban J connectivity index is 1.83. The number of hydrogen-bond donors (Lipinski definition) is 1. The fourth-order valence-corrected chi connectivity index (χ4v) is 3.51. The highest BCUT2D eigenvalue weighted by Crippen LogP contribution is 2.42. The highest BCUT2D eigenvalue weighted by molar-refractivity contribution is 6.20. The van der Waals surface area contributed by atoms with Gasteiger partial charge in [-0.1, -0.05) is 30.3 Å². The first kappa shape index (κ1) is 18.6. The number of aliphatic hydroxyl groups is 1. The lowest BCUT2D eigenvalue weighted by atomic mass is 9.95. The van der Waals surface area contributed by atoms with E-state index in [-0.39, 0.29) is 11.3 Å². The third-order valence-corrected chi connectivity index (χ3v) is 4.96. The summed E-state index contributed by atoms with van der Waals surface area (Å²) in [5, 5.41) is 10.7. The molecular weight excluding hydrogens is 368 g/mol. The molecule has 0 radical (unpaired) electrons. The number of aliphatic hydroxyl groups excluding tert-OH is 1. The summed E-state index contributed by atoms with van der Waals surface area (Å²) in [5.41, 5.74) is 2.29. The zero-order valence-corrected chi connectivity index (χ0v) is 16.1. The highest BCUT2D eigenvalue weighted by atomic mass is 16.3. The largest absolute Gasteiger partial charge is 0.503 e. The van der Waals surface area contributed by atoms with Gasteiger partial charge in [-0.2, -0.15) is 0 Å². The van der Waals surface area contributed by atoms with Crippen molar-refractivity contribution in [3.63, 3.8) is 0 Å². The molecule has 2 heterocycles. The molecule has 1 unspecified atom stereocenters. The molecule has 29 heavy (non-hydrogen) atoms. The molecule has 2 aromatic carbocycles. The number of ketones is 1. The number of carbonyl (C=O) groups excluding carboxylic acids is 2. The van der Waals surface area contributed by atoms with E-state index in [9.17, 15) is 14.7 Å². The fraction of sp³-hybridized carbons (Fsp3) is 0.130. The van der Waals surface area contributed by atoms with Crippen molar-refractivity contribution in [3.05, 3.63) is 95.6 Å². The number of anilines is 2. The fourth-order valence-electron chi connectivity index (χ4n) is 3.51. The van der Waals surface area contributed by atoms with Crippen molar-refractivity contribution in [2.45, 2.75) is 6.04 Å². The van der Waals surface area contributed by atoms with Crippen molar-refractivity contribution in [3.8, 4) is 0 Å². The minimum atomic E-state index is -0.758.